The highest BCUT2D eigenvalue weighted by Gasteiger charge is 2.14. The Kier molecular flexibility index (Phi) is 7.93. The summed E-state index contributed by atoms with van der Waals surface area (Å²) in [6.07, 6.45) is 6.24. The number of aryl methyl sites for hydroxylation is 1. The Bertz CT molecular complexity index is 1590. The third-order valence-corrected chi connectivity index (χ3v) is 6.14. The molecule has 0 spiro atoms. The molecule has 0 atom stereocenters. The molecule has 3 heterocycles. The van der Waals surface area contributed by atoms with Gasteiger partial charge in [-0.1, -0.05) is 23.7 Å². The summed E-state index contributed by atoms with van der Waals surface area (Å²) in [5.74, 6) is 0.755. The molecule has 5 aromatic rings. The van der Waals surface area contributed by atoms with Crippen molar-refractivity contribution >= 4 is 46.1 Å². The number of esters is 1. The van der Waals surface area contributed by atoms with Gasteiger partial charge in [-0.25, -0.2) is 19.2 Å². The average molecular weight is 546 g/mol. The molecule has 39 heavy (non-hydrogen) atoms. The molecule has 0 saturated carbocycles. The number of nitrogens with one attached hydrogen (secondary N) is 3. The minimum atomic E-state index is -0.515. The summed E-state index contributed by atoms with van der Waals surface area (Å²) in [4.78, 5) is 33.5. The quantitative estimate of drug-likeness (QED) is 0.141. The summed E-state index contributed by atoms with van der Waals surface area (Å²) in [7, 11) is 0. The van der Waals surface area contributed by atoms with Gasteiger partial charge in [0.2, 0.25) is 5.95 Å². The van der Waals surface area contributed by atoms with Crippen molar-refractivity contribution < 1.29 is 13.9 Å². The van der Waals surface area contributed by atoms with E-state index in [1.807, 2.05) is 24.3 Å². The molecule has 3 aromatic heterocycles. The minimum absolute atomic E-state index is 0.0117. The number of aromatic amines is 1. The molecule has 0 aliphatic heterocycles. The number of anilines is 3. The zero-order chi connectivity index (χ0) is 27.2. The van der Waals surface area contributed by atoms with Crippen molar-refractivity contribution in [1.82, 2.24) is 24.9 Å². The van der Waals surface area contributed by atoms with Crippen LogP contribution in [0.2, 0.25) is 5.02 Å². The second-order valence-electron chi connectivity index (χ2n) is 8.62. The van der Waals surface area contributed by atoms with Crippen LogP contribution in [0.15, 0.2) is 67.1 Å². The van der Waals surface area contributed by atoms with E-state index >= 15 is 0 Å². The topological polar surface area (TPSA) is 118 Å². The molecule has 0 aliphatic rings. The molecule has 2 aromatic carbocycles. The summed E-state index contributed by atoms with van der Waals surface area (Å²) in [6.45, 7) is 2.60. The van der Waals surface area contributed by atoms with Crippen molar-refractivity contribution in [3.05, 3.63) is 89.3 Å². The van der Waals surface area contributed by atoms with Crippen LogP contribution in [0.1, 0.15) is 29.5 Å². The van der Waals surface area contributed by atoms with Crippen LogP contribution in [0.3, 0.4) is 0 Å². The summed E-state index contributed by atoms with van der Waals surface area (Å²) >= 11 is 5.92. The lowest BCUT2D eigenvalue weighted by Crippen LogP contribution is -2.09. The number of ether oxygens (including phenoxy) is 1. The maximum Gasteiger partial charge on any atom is 0.339 e. The van der Waals surface area contributed by atoms with Gasteiger partial charge in [-0.15, -0.1) is 0 Å². The largest absolute Gasteiger partial charge is 0.462 e. The molecule has 0 radical (unpaired) electrons. The third-order valence-electron chi connectivity index (χ3n) is 5.85. The first-order valence-corrected chi connectivity index (χ1v) is 12.8. The SMILES string of the molecule is CCOC(=O)c1cncc(-c2cnc(Nc3ccc(F)c(Cl)c3)nc2NCCCc2nc3ccccc3[nH]2)c1. The zero-order valence-electron chi connectivity index (χ0n) is 21.0. The number of aromatic nitrogens is 5. The van der Waals surface area contributed by atoms with Crippen LogP contribution in [-0.4, -0.2) is 44.0 Å². The molecular weight excluding hydrogens is 521 g/mol. The van der Waals surface area contributed by atoms with Crippen LogP contribution >= 0.6 is 11.6 Å². The van der Waals surface area contributed by atoms with Crippen molar-refractivity contribution in [2.45, 2.75) is 19.8 Å². The van der Waals surface area contributed by atoms with Gasteiger partial charge >= 0.3 is 5.97 Å². The lowest BCUT2D eigenvalue weighted by atomic mass is 10.1. The molecule has 0 fully saturated rings. The Morgan fingerprint density at radius 2 is 1.97 bits per heavy atom. The lowest BCUT2D eigenvalue weighted by molar-refractivity contribution is 0.0526. The fourth-order valence-corrected chi connectivity index (χ4v) is 4.17. The van der Waals surface area contributed by atoms with E-state index in [2.05, 4.69) is 35.6 Å². The molecule has 0 aliphatic carbocycles. The van der Waals surface area contributed by atoms with E-state index in [9.17, 15) is 9.18 Å². The normalized spacial score (nSPS) is 10.9. The van der Waals surface area contributed by atoms with Crippen molar-refractivity contribution in [2.75, 3.05) is 23.8 Å². The van der Waals surface area contributed by atoms with Gasteiger partial charge in [0.15, 0.2) is 0 Å². The Hall–Kier alpha value is -4.57. The molecule has 3 N–H and O–H groups in total. The van der Waals surface area contributed by atoms with Gasteiger partial charge < -0.3 is 20.4 Å². The zero-order valence-corrected chi connectivity index (χ0v) is 21.8. The second kappa shape index (κ2) is 11.9. The number of rotatable bonds is 10. The predicted molar refractivity (Wildman–Crippen MR) is 149 cm³/mol. The monoisotopic (exact) mass is 545 g/mol. The van der Waals surface area contributed by atoms with Crippen LogP contribution in [0.25, 0.3) is 22.2 Å². The average Bonchev–Trinajstić information content (AvgIpc) is 3.36. The van der Waals surface area contributed by atoms with E-state index in [4.69, 9.17) is 16.3 Å². The predicted octanol–water partition coefficient (Wildman–Crippen LogP) is 6.17. The first-order chi connectivity index (χ1) is 19.0. The number of benzene rings is 2. The number of carbonyl (C=O) groups excluding carboxylic acids is 1. The van der Waals surface area contributed by atoms with Crippen LogP contribution in [0.5, 0.6) is 0 Å². The van der Waals surface area contributed by atoms with E-state index in [1.165, 1.54) is 18.3 Å². The standard InChI is InChI=1S/C28H25ClFN7O2/c1-2-39-27(38)18-12-17(14-31-15-18)20-16-33-28(34-19-9-10-22(30)21(29)13-19)37-26(20)32-11-5-8-25-35-23-6-3-4-7-24(23)36-25/h3-4,6-7,9-10,12-16H,2,5,8,11H2,1H3,(H,35,36)(H2,32,33,34,37). The number of imidazole rings is 1. The summed E-state index contributed by atoms with van der Waals surface area (Å²) < 4.78 is 18.7. The molecule has 0 bridgehead atoms. The van der Waals surface area contributed by atoms with E-state index in [0.29, 0.717) is 34.7 Å². The van der Waals surface area contributed by atoms with Crippen LogP contribution < -0.4 is 10.6 Å². The number of pyridine rings is 1. The smallest absolute Gasteiger partial charge is 0.339 e. The van der Waals surface area contributed by atoms with Crippen molar-refractivity contribution in [1.29, 1.82) is 0 Å². The number of hydrogen-bond acceptors (Lipinski definition) is 8. The minimum Gasteiger partial charge on any atom is -0.462 e. The number of para-hydroxylation sites is 2. The van der Waals surface area contributed by atoms with Crippen LogP contribution in [0.4, 0.5) is 21.8 Å². The molecule has 198 valence electrons. The molecule has 11 heteroatoms. The van der Waals surface area contributed by atoms with Gasteiger partial charge in [-0.3, -0.25) is 4.98 Å². The fourth-order valence-electron chi connectivity index (χ4n) is 3.99. The van der Waals surface area contributed by atoms with Crippen LogP contribution in [-0.2, 0) is 11.2 Å². The highest BCUT2D eigenvalue weighted by Crippen LogP contribution is 2.29. The number of hydrogen-bond donors (Lipinski definition) is 3. The summed E-state index contributed by atoms with van der Waals surface area (Å²) in [6, 6.07) is 13.9. The van der Waals surface area contributed by atoms with E-state index in [-0.39, 0.29) is 17.6 Å². The Morgan fingerprint density at radius 3 is 2.79 bits per heavy atom. The van der Waals surface area contributed by atoms with Crippen molar-refractivity contribution in [3.8, 4) is 11.1 Å². The van der Waals surface area contributed by atoms with Gasteiger partial charge in [0, 0.05) is 48.4 Å². The summed E-state index contributed by atoms with van der Waals surface area (Å²) in [5, 5.41) is 6.41. The molecule has 0 unspecified atom stereocenters. The molecule has 5 rings (SSSR count). The molecule has 0 amide bonds. The van der Waals surface area contributed by atoms with Crippen LogP contribution in [0, 0.1) is 5.82 Å². The Balaban J connectivity index is 1.37. The summed E-state index contributed by atoms with van der Waals surface area (Å²) in [5.41, 5.74) is 4.11. The number of nitrogens with zero attached hydrogens (tertiary/aromatic N) is 4. The van der Waals surface area contributed by atoms with Gasteiger partial charge in [-0.05, 0) is 49.7 Å². The van der Waals surface area contributed by atoms with Crippen molar-refractivity contribution in [2.24, 2.45) is 0 Å². The van der Waals surface area contributed by atoms with Gasteiger partial charge in [0.1, 0.15) is 17.5 Å². The number of fused-ring (bicyclic) bond motifs is 1. The number of carbonyl (C=O) groups is 1. The maximum absolute atomic E-state index is 13.6. The Labute approximate surface area is 228 Å². The highest BCUT2D eigenvalue weighted by molar-refractivity contribution is 6.31. The number of halogens is 2. The van der Waals surface area contributed by atoms with Gasteiger partial charge in [0.25, 0.3) is 0 Å². The highest BCUT2D eigenvalue weighted by atomic mass is 35.5. The fraction of sp³-hybridized carbons (Fsp3) is 0.179. The Morgan fingerprint density at radius 1 is 1.10 bits per heavy atom. The first-order valence-electron chi connectivity index (χ1n) is 12.4. The first kappa shape index (κ1) is 26.1. The van der Waals surface area contributed by atoms with E-state index in [1.54, 1.807) is 31.5 Å². The van der Waals surface area contributed by atoms with Gasteiger partial charge in [-0.2, -0.15) is 4.98 Å². The second-order valence-corrected chi connectivity index (χ2v) is 9.03. The third kappa shape index (κ3) is 6.29. The molecule has 9 nitrogen and oxygen atoms in total. The van der Waals surface area contributed by atoms with E-state index in [0.717, 1.165) is 29.7 Å². The van der Waals surface area contributed by atoms with E-state index < -0.39 is 11.8 Å². The van der Waals surface area contributed by atoms with Gasteiger partial charge in [0.05, 0.1) is 28.2 Å². The lowest BCUT2D eigenvalue weighted by Gasteiger charge is -2.14. The number of H-pyrrole nitrogens is 1. The maximum atomic E-state index is 13.6. The van der Waals surface area contributed by atoms with Crippen molar-refractivity contribution in [3.63, 3.8) is 0 Å². The molecule has 0 saturated heterocycles. The molecular formula is C28H25ClFN7O2.